The first kappa shape index (κ1) is 10.0. The molecule has 2 N–H and O–H groups in total. The van der Waals surface area contributed by atoms with Gasteiger partial charge in [-0.15, -0.1) is 0 Å². The normalized spacial score (nSPS) is 9.75. The van der Waals surface area contributed by atoms with Crippen LogP contribution in [-0.2, 0) is 0 Å². The van der Waals surface area contributed by atoms with Crippen LogP contribution in [0.4, 0.5) is 0 Å². The first-order valence-corrected chi connectivity index (χ1v) is 4.44. The Morgan fingerprint density at radius 3 is 2.50 bits per heavy atom. The quantitative estimate of drug-likeness (QED) is 0.738. The summed E-state index contributed by atoms with van der Waals surface area (Å²) in [6.07, 6.45) is 4.00. The van der Waals surface area contributed by atoms with Crippen molar-refractivity contribution >= 4 is 11.8 Å². The second-order valence-corrected chi connectivity index (χ2v) is 2.90. The number of rotatable bonds is 2. The smallest absolute Gasteiger partial charge is 0.305 e. The third kappa shape index (κ3) is 2.11. The highest BCUT2D eigenvalue weighted by molar-refractivity contribution is 5.97. The molecule has 0 radical (unpaired) electrons. The molecule has 2 aromatic heterocycles. The molecule has 2 aromatic rings. The van der Waals surface area contributed by atoms with E-state index in [1.54, 1.807) is 6.07 Å². The lowest BCUT2D eigenvalue weighted by atomic mass is 10.3. The van der Waals surface area contributed by atoms with Crippen molar-refractivity contribution in [3.05, 3.63) is 48.3 Å². The Labute approximate surface area is 90.2 Å². The Morgan fingerprint density at radius 1 is 1.06 bits per heavy atom. The molecule has 0 saturated heterocycles. The molecule has 82 valence electrons. The van der Waals surface area contributed by atoms with Gasteiger partial charge in [-0.05, 0) is 18.2 Å². The monoisotopic (exact) mass is 220 g/mol. The molecule has 6 nitrogen and oxygen atoms in total. The standard InChI is InChI=1S/C10H8N2O4/c13-9(7-3-5-15-6-7)11-12-10(14)8-2-1-4-16-8/h1-6H,(H,11,13)(H,12,14). The van der Waals surface area contributed by atoms with Gasteiger partial charge in [-0.3, -0.25) is 20.4 Å². The number of hydrogen-bond donors (Lipinski definition) is 2. The first-order valence-electron chi connectivity index (χ1n) is 4.44. The van der Waals surface area contributed by atoms with Gasteiger partial charge in [0, 0.05) is 0 Å². The summed E-state index contributed by atoms with van der Waals surface area (Å²) in [5.41, 5.74) is 4.73. The van der Waals surface area contributed by atoms with Crippen molar-refractivity contribution in [3.8, 4) is 0 Å². The van der Waals surface area contributed by atoms with Gasteiger partial charge in [0.15, 0.2) is 5.76 Å². The summed E-state index contributed by atoms with van der Waals surface area (Å²) in [6, 6.07) is 4.54. The van der Waals surface area contributed by atoms with E-state index in [2.05, 4.69) is 10.9 Å². The molecule has 0 saturated carbocycles. The third-order valence-electron chi connectivity index (χ3n) is 1.82. The molecule has 0 atom stereocenters. The highest BCUT2D eigenvalue weighted by Crippen LogP contribution is 2.00. The van der Waals surface area contributed by atoms with E-state index in [4.69, 9.17) is 8.83 Å². The number of furan rings is 2. The van der Waals surface area contributed by atoms with Crippen molar-refractivity contribution in [3.63, 3.8) is 0 Å². The second kappa shape index (κ2) is 4.35. The van der Waals surface area contributed by atoms with Crippen LogP contribution in [0, 0.1) is 0 Å². The van der Waals surface area contributed by atoms with E-state index >= 15 is 0 Å². The number of hydrazine groups is 1. The molecule has 0 fully saturated rings. The van der Waals surface area contributed by atoms with Crippen LogP contribution in [0.5, 0.6) is 0 Å². The van der Waals surface area contributed by atoms with E-state index in [-0.39, 0.29) is 5.76 Å². The Balaban J connectivity index is 1.89. The fourth-order valence-corrected chi connectivity index (χ4v) is 1.05. The summed E-state index contributed by atoms with van der Waals surface area (Å²) in [5, 5.41) is 0. The number of carbonyl (C=O) groups is 2. The zero-order valence-electron chi connectivity index (χ0n) is 8.10. The fourth-order valence-electron chi connectivity index (χ4n) is 1.05. The van der Waals surface area contributed by atoms with Crippen LogP contribution in [0.25, 0.3) is 0 Å². The maximum Gasteiger partial charge on any atom is 0.305 e. The minimum Gasteiger partial charge on any atom is -0.472 e. The summed E-state index contributed by atoms with van der Waals surface area (Å²) < 4.78 is 9.56. The SMILES string of the molecule is O=C(NNC(=O)c1ccco1)c1ccoc1. The number of nitrogens with one attached hydrogen (secondary N) is 2. The highest BCUT2D eigenvalue weighted by Gasteiger charge is 2.11. The fraction of sp³-hybridized carbons (Fsp3) is 0. The molecule has 6 heteroatoms. The van der Waals surface area contributed by atoms with Crippen molar-refractivity contribution in [2.45, 2.75) is 0 Å². The van der Waals surface area contributed by atoms with Crippen LogP contribution in [-0.4, -0.2) is 11.8 Å². The zero-order valence-corrected chi connectivity index (χ0v) is 8.10. The van der Waals surface area contributed by atoms with Gasteiger partial charge in [-0.25, -0.2) is 0 Å². The van der Waals surface area contributed by atoms with E-state index in [0.717, 1.165) is 0 Å². The van der Waals surface area contributed by atoms with Crippen LogP contribution in [0.1, 0.15) is 20.9 Å². The molecule has 2 heterocycles. The van der Waals surface area contributed by atoms with Crippen molar-refractivity contribution in [2.75, 3.05) is 0 Å². The summed E-state index contributed by atoms with van der Waals surface area (Å²) in [7, 11) is 0. The first-order chi connectivity index (χ1) is 7.77. The van der Waals surface area contributed by atoms with Crippen LogP contribution >= 0.6 is 0 Å². The van der Waals surface area contributed by atoms with Crippen molar-refractivity contribution in [2.24, 2.45) is 0 Å². The average Bonchev–Trinajstić information content (AvgIpc) is 2.95. The lowest BCUT2D eigenvalue weighted by Crippen LogP contribution is -2.41. The number of amides is 2. The molecule has 0 aromatic carbocycles. The van der Waals surface area contributed by atoms with Crippen LogP contribution < -0.4 is 10.9 Å². The maximum atomic E-state index is 11.4. The van der Waals surface area contributed by atoms with E-state index in [0.29, 0.717) is 5.56 Å². The largest absolute Gasteiger partial charge is 0.472 e. The van der Waals surface area contributed by atoms with Gasteiger partial charge in [0.05, 0.1) is 18.1 Å². The third-order valence-corrected chi connectivity index (χ3v) is 1.82. The molecular formula is C10H8N2O4. The molecule has 0 bridgehead atoms. The topological polar surface area (TPSA) is 84.5 Å². The second-order valence-electron chi connectivity index (χ2n) is 2.90. The molecule has 2 rings (SSSR count). The Bertz CT molecular complexity index is 427. The molecule has 0 unspecified atom stereocenters. The molecule has 0 spiro atoms. The van der Waals surface area contributed by atoms with Crippen molar-refractivity contribution in [1.29, 1.82) is 0 Å². The summed E-state index contributed by atoms with van der Waals surface area (Å²) in [5.74, 6) is -0.872. The van der Waals surface area contributed by atoms with E-state index in [1.807, 2.05) is 0 Å². The summed E-state index contributed by atoms with van der Waals surface area (Å²) >= 11 is 0. The van der Waals surface area contributed by atoms with Crippen LogP contribution in [0.3, 0.4) is 0 Å². The van der Waals surface area contributed by atoms with Crippen LogP contribution in [0.2, 0.25) is 0 Å². The molecular weight excluding hydrogens is 212 g/mol. The Morgan fingerprint density at radius 2 is 1.88 bits per heavy atom. The Kier molecular flexibility index (Phi) is 2.73. The molecule has 0 aliphatic rings. The summed E-state index contributed by atoms with van der Waals surface area (Å²) in [4.78, 5) is 22.7. The predicted octanol–water partition coefficient (Wildman–Crippen LogP) is 0.947. The van der Waals surface area contributed by atoms with Crippen LogP contribution in [0.15, 0.2) is 45.8 Å². The minimum absolute atomic E-state index is 0.118. The highest BCUT2D eigenvalue weighted by atomic mass is 16.3. The maximum absolute atomic E-state index is 11.4. The lowest BCUT2D eigenvalue weighted by molar-refractivity contribution is 0.0830. The number of carbonyl (C=O) groups excluding carboxylic acids is 2. The van der Waals surface area contributed by atoms with E-state index in [1.165, 1.54) is 30.9 Å². The van der Waals surface area contributed by atoms with Crippen molar-refractivity contribution < 1.29 is 18.4 Å². The summed E-state index contributed by atoms with van der Waals surface area (Å²) in [6.45, 7) is 0. The van der Waals surface area contributed by atoms with Gasteiger partial charge in [0.2, 0.25) is 0 Å². The van der Waals surface area contributed by atoms with Gasteiger partial charge >= 0.3 is 5.91 Å². The van der Waals surface area contributed by atoms with E-state index < -0.39 is 11.8 Å². The zero-order chi connectivity index (χ0) is 11.4. The van der Waals surface area contributed by atoms with Gasteiger partial charge in [-0.2, -0.15) is 0 Å². The van der Waals surface area contributed by atoms with Gasteiger partial charge in [0.1, 0.15) is 6.26 Å². The lowest BCUT2D eigenvalue weighted by Gasteiger charge is -2.03. The minimum atomic E-state index is -0.526. The van der Waals surface area contributed by atoms with E-state index in [9.17, 15) is 9.59 Å². The molecule has 0 aliphatic carbocycles. The molecule has 16 heavy (non-hydrogen) atoms. The Hall–Kier alpha value is -2.50. The van der Waals surface area contributed by atoms with Gasteiger partial charge < -0.3 is 8.83 Å². The molecule has 0 aliphatic heterocycles. The van der Waals surface area contributed by atoms with Gasteiger partial charge in [-0.1, -0.05) is 0 Å². The molecule has 2 amide bonds. The average molecular weight is 220 g/mol. The van der Waals surface area contributed by atoms with Crippen molar-refractivity contribution in [1.82, 2.24) is 10.9 Å². The predicted molar refractivity (Wildman–Crippen MR) is 52.3 cm³/mol. The van der Waals surface area contributed by atoms with Gasteiger partial charge in [0.25, 0.3) is 5.91 Å². The number of hydrogen-bond acceptors (Lipinski definition) is 4.